The lowest BCUT2D eigenvalue weighted by Gasteiger charge is -2.30. The summed E-state index contributed by atoms with van der Waals surface area (Å²) in [7, 11) is 0. The normalized spacial score (nSPS) is 13.5. The van der Waals surface area contributed by atoms with Crippen LogP contribution in [0.2, 0.25) is 0 Å². The zero-order valence-electron chi connectivity index (χ0n) is 25.3. The number of hydrogen-bond acceptors (Lipinski definition) is 6. The highest BCUT2D eigenvalue weighted by Crippen LogP contribution is 2.25. The molecule has 0 heterocycles. The van der Waals surface area contributed by atoms with Crippen molar-refractivity contribution in [1.29, 1.82) is 0 Å². The summed E-state index contributed by atoms with van der Waals surface area (Å²) < 4.78 is 6.06. The molecular formula is C28H53N3O6S. The fourth-order valence-electron chi connectivity index (χ4n) is 3.25. The Labute approximate surface area is 234 Å². The molecule has 0 saturated carbocycles. The number of rotatable bonds is 17. The zero-order chi connectivity index (χ0) is 29.8. The summed E-state index contributed by atoms with van der Waals surface area (Å²) >= 11 is 1.58. The van der Waals surface area contributed by atoms with E-state index in [1.165, 1.54) is 0 Å². The van der Waals surface area contributed by atoms with Crippen LogP contribution in [0.3, 0.4) is 0 Å². The van der Waals surface area contributed by atoms with Gasteiger partial charge in [-0.15, -0.1) is 0 Å². The van der Waals surface area contributed by atoms with Crippen molar-refractivity contribution >= 4 is 35.5 Å². The van der Waals surface area contributed by atoms with Crippen LogP contribution in [-0.4, -0.2) is 71.6 Å². The van der Waals surface area contributed by atoms with Gasteiger partial charge in [0.05, 0.1) is 12.0 Å². The molecule has 0 aliphatic heterocycles. The topological polar surface area (TPSA) is 134 Å². The summed E-state index contributed by atoms with van der Waals surface area (Å²) in [4.78, 5) is 48.7. The molecule has 0 aromatic carbocycles. The predicted octanol–water partition coefficient (Wildman–Crippen LogP) is 4.00. The van der Waals surface area contributed by atoms with Crippen molar-refractivity contribution in [1.82, 2.24) is 16.0 Å². The minimum atomic E-state index is -0.996. The average molecular weight is 560 g/mol. The van der Waals surface area contributed by atoms with Crippen molar-refractivity contribution in [3.05, 3.63) is 0 Å². The standard InChI is InChI=1S/C28H53N3O6S/c1-25(2,3)17-21(32)29-15-12-28(9,10)37-16-13-27(7,8)24(36)31-20(18-38-19-26(4,5)6)23(35)30-14-11-22(33)34/h20H,11-19H2,1-10H3,(H,29,32)(H,30,35)(H,31,36)(H,33,34)/t20-/m0/s1. The molecule has 9 nitrogen and oxygen atoms in total. The molecule has 222 valence electrons. The van der Waals surface area contributed by atoms with Gasteiger partial charge < -0.3 is 25.8 Å². The number of carbonyl (C=O) groups excluding carboxylic acids is 3. The summed E-state index contributed by atoms with van der Waals surface area (Å²) in [6.45, 7) is 20.8. The summed E-state index contributed by atoms with van der Waals surface area (Å²) in [6.07, 6.45) is 1.37. The maximum atomic E-state index is 13.1. The van der Waals surface area contributed by atoms with Crippen molar-refractivity contribution in [3.8, 4) is 0 Å². The van der Waals surface area contributed by atoms with Crippen LogP contribution >= 0.6 is 11.8 Å². The number of thioether (sulfide) groups is 1. The molecule has 0 saturated heterocycles. The molecule has 0 aliphatic rings. The number of carboxylic acids is 1. The third kappa shape index (κ3) is 18.4. The van der Waals surface area contributed by atoms with Crippen LogP contribution in [0.25, 0.3) is 0 Å². The number of carbonyl (C=O) groups is 4. The monoisotopic (exact) mass is 559 g/mol. The SMILES string of the molecule is CC(C)(C)CSC[C@H](NC(=O)C(C)(C)CCOC(C)(C)CCNC(=O)CC(C)(C)C)C(=O)NCCC(=O)O. The fourth-order valence-corrected chi connectivity index (χ4v) is 4.45. The molecule has 1 atom stereocenters. The van der Waals surface area contributed by atoms with E-state index in [0.717, 1.165) is 5.75 Å². The summed E-state index contributed by atoms with van der Waals surface area (Å²) in [5, 5.41) is 17.3. The van der Waals surface area contributed by atoms with Crippen molar-refractivity contribution in [2.75, 3.05) is 31.2 Å². The highest BCUT2D eigenvalue weighted by atomic mass is 32.2. The first kappa shape index (κ1) is 36.2. The quantitative estimate of drug-likeness (QED) is 0.212. The Morgan fingerprint density at radius 3 is 1.97 bits per heavy atom. The number of hydrogen-bond donors (Lipinski definition) is 4. The fraction of sp³-hybridized carbons (Fsp3) is 0.857. The van der Waals surface area contributed by atoms with Gasteiger partial charge in [-0.2, -0.15) is 11.8 Å². The molecule has 38 heavy (non-hydrogen) atoms. The van der Waals surface area contributed by atoms with E-state index < -0.39 is 23.0 Å². The van der Waals surface area contributed by atoms with Gasteiger partial charge in [0, 0.05) is 37.3 Å². The third-order valence-electron chi connectivity index (χ3n) is 5.65. The van der Waals surface area contributed by atoms with Gasteiger partial charge in [-0.05, 0) is 43.3 Å². The van der Waals surface area contributed by atoms with Crippen molar-refractivity contribution in [2.45, 2.75) is 107 Å². The summed E-state index contributed by atoms with van der Waals surface area (Å²) in [6, 6.07) is -0.767. The van der Waals surface area contributed by atoms with Crippen LogP contribution < -0.4 is 16.0 Å². The second kappa shape index (κ2) is 15.7. The van der Waals surface area contributed by atoms with Crippen molar-refractivity contribution in [3.63, 3.8) is 0 Å². The maximum Gasteiger partial charge on any atom is 0.305 e. The van der Waals surface area contributed by atoms with Crippen molar-refractivity contribution < 1.29 is 29.0 Å². The van der Waals surface area contributed by atoms with Crippen LogP contribution in [0.4, 0.5) is 0 Å². The molecule has 0 spiro atoms. The van der Waals surface area contributed by atoms with E-state index >= 15 is 0 Å². The lowest BCUT2D eigenvalue weighted by atomic mass is 9.88. The van der Waals surface area contributed by atoms with Gasteiger partial charge in [0.15, 0.2) is 0 Å². The Bertz CT molecular complexity index is 784. The van der Waals surface area contributed by atoms with Crippen LogP contribution in [0, 0.1) is 16.2 Å². The first-order valence-corrected chi connectivity index (χ1v) is 14.6. The molecule has 0 bridgehead atoms. The van der Waals surface area contributed by atoms with Gasteiger partial charge in [-0.25, -0.2) is 0 Å². The van der Waals surface area contributed by atoms with Crippen LogP contribution in [0.5, 0.6) is 0 Å². The number of carboxylic acid groups (broad SMARTS) is 1. The Balaban J connectivity index is 4.88. The smallest absolute Gasteiger partial charge is 0.305 e. The van der Waals surface area contributed by atoms with Gasteiger partial charge in [0.1, 0.15) is 6.04 Å². The Morgan fingerprint density at radius 2 is 1.45 bits per heavy atom. The molecule has 0 unspecified atom stereocenters. The van der Waals surface area contributed by atoms with Crippen LogP contribution in [-0.2, 0) is 23.9 Å². The van der Waals surface area contributed by atoms with Gasteiger partial charge in [0.25, 0.3) is 0 Å². The molecule has 10 heteroatoms. The minimum absolute atomic E-state index is 0.00739. The Morgan fingerprint density at radius 1 is 0.842 bits per heavy atom. The average Bonchev–Trinajstić information content (AvgIpc) is 2.69. The van der Waals surface area contributed by atoms with E-state index in [9.17, 15) is 19.2 Å². The number of aliphatic carboxylic acids is 1. The van der Waals surface area contributed by atoms with E-state index in [-0.39, 0.29) is 41.5 Å². The van der Waals surface area contributed by atoms with E-state index in [0.29, 0.717) is 38.2 Å². The largest absolute Gasteiger partial charge is 0.481 e. The van der Waals surface area contributed by atoms with E-state index in [1.54, 1.807) is 11.8 Å². The van der Waals surface area contributed by atoms with E-state index in [4.69, 9.17) is 9.84 Å². The van der Waals surface area contributed by atoms with Crippen molar-refractivity contribution in [2.24, 2.45) is 16.2 Å². The second-order valence-corrected chi connectivity index (χ2v) is 14.6. The van der Waals surface area contributed by atoms with Gasteiger partial charge in [-0.1, -0.05) is 55.4 Å². The van der Waals surface area contributed by atoms with Gasteiger partial charge in [-0.3, -0.25) is 19.2 Å². The van der Waals surface area contributed by atoms with Crippen LogP contribution in [0.1, 0.15) is 94.9 Å². The highest BCUT2D eigenvalue weighted by Gasteiger charge is 2.32. The van der Waals surface area contributed by atoms with Crippen LogP contribution in [0.15, 0.2) is 0 Å². The third-order valence-corrected chi connectivity index (χ3v) is 7.29. The molecule has 0 aliphatic carbocycles. The molecular weight excluding hydrogens is 506 g/mol. The molecule has 4 N–H and O–H groups in total. The lowest BCUT2D eigenvalue weighted by Crippen LogP contribution is -2.52. The number of amides is 3. The van der Waals surface area contributed by atoms with Gasteiger partial charge in [0.2, 0.25) is 17.7 Å². The highest BCUT2D eigenvalue weighted by molar-refractivity contribution is 7.99. The first-order valence-electron chi connectivity index (χ1n) is 13.4. The summed E-state index contributed by atoms with van der Waals surface area (Å²) in [5.74, 6) is -0.420. The Kier molecular flexibility index (Phi) is 15.0. The minimum Gasteiger partial charge on any atom is -0.481 e. The summed E-state index contributed by atoms with van der Waals surface area (Å²) in [5.41, 5.74) is -1.26. The molecule has 0 rings (SSSR count). The first-order chi connectivity index (χ1) is 17.1. The molecule has 0 fully saturated rings. The van der Waals surface area contributed by atoms with E-state index in [2.05, 4.69) is 36.7 Å². The maximum absolute atomic E-state index is 13.1. The van der Waals surface area contributed by atoms with E-state index in [1.807, 2.05) is 48.5 Å². The molecule has 0 aromatic heterocycles. The second-order valence-electron chi connectivity index (χ2n) is 13.6. The molecule has 0 aromatic rings. The number of ether oxygens (including phenoxy) is 1. The Hall–Kier alpha value is -1.81. The zero-order valence-corrected chi connectivity index (χ0v) is 26.2. The molecule has 0 radical (unpaired) electrons. The predicted molar refractivity (Wildman–Crippen MR) is 154 cm³/mol. The lowest BCUT2D eigenvalue weighted by molar-refractivity contribution is -0.137. The molecule has 3 amide bonds. The van der Waals surface area contributed by atoms with Gasteiger partial charge >= 0.3 is 5.97 Å². The number of nitrogens with one attached hydrogen (secondary N) is 3.